The molecule has 0 radical (unpaired) electrons. The van der Waals surface area contributed by atoms with Crippen molar-refractivity contribution in [3.63, 3.8) is 0 Å². The SMILES string of the molecule is CCCCCC(=O)Nc1ccc(NC2CC2)nc1. The maximum absolute atomic E-state index is 11.6. The summed E-state index contributed by atoms with van der Waals surface area (Å²) >= 11 is 0. The van der Waals surface area contributed by atoms with Gasteiger partial charge in [-0.15, -0.1) is 0 Å². The molecule has 1 amide bonds. The Morgan fingerprint density at radius 3 is 2.83 bits per heavy atom. The van der Waals surface area contributed by atoms with Crippen LogP contribution in [-0.4, -0.2) is 16.9 Å². The topological polar surface area (TPSA) is 54.0 Å². The molecule has 1 aromatic heterocycles. The smallest absolute Gasteiger partial charge is 0.224 e. The van der Waals surface area contributed by atoms with Gasteiger partial charge in [0.15, 0.2) is 0 Å². The quantitative estimate of drug-likeness (QED) is 0.728. The summed E-state index contributed by atoms with van der Waals surface area (Å²) in [5.74, 6) is 0.967. The van der Waals surface area contributed by atoms with Crippen LogP contribution < -0.4 is 10.6 Å². The Balaban J connectivity index is 1.76. The lowest BCUT2D eigenvalue weighted by atomic mass is 10.2. The molecule has 0 saturated heterocycles. The highest BCUT2D eigenvalue weighted by atomic mass is 16.1. The molecule has 0 bridgehead atoms. The fraction of sp³-hybridized carbons (Fsp3) is 0.571. The second-order valence-electron chi connectivity index (χ2n) is 4.86. The van der Waals surface area contributed by atoms with Crippen molar-refractivity contribution < 1.29 is 4.79 Å². The van der Waals surface area contributed by atoms with Gasteiger partial charge in [-0.3, -0.25) is 4.79 Å². The summed E-state index contributed by atoms with van der Waals surface area (Å²) < 4.78 is 0. The molecule has 1 aromatic rings. The van der Waals surface area contributed by atoms with Gasteiger partial charge >= 0.3 is 0 Å². The van der Waals surface area contributed by atoms with Crippen molar-refractivity contribution in [2.75, 3.05) is 10.6 Å². The van der Waals surface area contributed by atoms with Crippen molar-refractivity contribution in [3.05, 3.63) is 18.3 Å². The van der Waals surface area contributed by atoms with Gasteiger partial charge in [0.2, 0.25) is 5.91 Å². The number of hydrogen-bond acceptors (Lipinski definition) is 3. The average molecular weight is 247 g/mol. The number of amides is 1. The molecule has 0 aromatic carbocycles. The Labute approximate surface area is 108 Å². The summed E-state index contributed by atoms with van der Waals surface area (Å²) in [6.07, 6.45) is 7.97. The molecule has 0 spiro atoms. The number of hydrogen-bond donors (Lipinski definition) is 2. The number of nitrogens with one attached hydrogen (secondary N) is 2. The van der Waals surface area contributed by atoms with Crippen LogP contribution >= 0.6 is 0 Å². The Bertz CT molecular complexity index is 385. The zero-order valence-electron chi connectivity index (χ0n) is 10.9. The third-order valence-electron chi connectivity index (χ3n) is 2.98. The third kappa shape index (κ3) is 4.35. The molecule has 0 aliphatic heterocycles. The van der Waals surface area contributed by atoms with Crippen molar-refractivity contribution in [1.29, 1.82) is 0 Å². The van der Waals surface area contributed by atoms with E-state index in [1.165, 1.54) is 12.8 Å². The van der Waals surface area contributed by atoms with Gasteiger partial charge in [-0.25, -0.2) is 4.98 Å². The van der Waals surface area contributed by atoms with Gasteiger partial charge in [0.1, 0.15) is 5.82 Å². The number of pyridine rings is 1. The van der Waals surface area contributed by atoms with Crippen LogP contribution in [-0.2, 0) is 4.79 Å². The van der Waals surface area contributed by atoms with Gasteiger partial charge in [-0.2, -0.15) is 0 Å². The minimum absolute atomic E-state index is 0.0770. The van der Waals surface area contributed by atoms with E-state index >= 15 is 0 Å². The zero-order valence-corrected chi connectivity index (χ0v) is 10.9. The third-order valence-corrected chi connectivity index (χ3v) is 2.98. The standard InChI is InChI=1S/C14H21N3O/c1-2-3-4-5-14(18)17-12-8-9-13(15-10-12)16-11-6-7-11/h8-11H,2-7H2,1H3,(H,15,16)(H,17,18). The van der Waals surface area contributed by atoms with Crippen LogP contribution in [0.15, 0.2) is 18.3 Å². The lowest BCUT2D eigenvalue weighted by molar-refractivity contribution is -0.116. The van der Waals surface area contributed by atoms with Gasteiger partial charge in [0, 0.05) is 12.5 Å². The largest absolute Gasteiger partial charge is 0.367 e. The predicted molar refractivity (Wildman–Crippen MR) is 73.7 cm³/mol. The van der Waals surface area contributed by atoms with Crippen LogP contribution in [0.3, 0.4) is 0 Å². The highest BCUT2D eigenvalue weighted by Crippen LogP contribution is 2.23. The van der Waals surface area contributed by atoms with Crippen molar-refractivity contribution in [2.24, 2.45) is 0 Å². The molecular formula is C14H21N3O. The van der Waals surface area contributed by atoms with E-state index in [1.807, 2.05) is 12.1 Å². The molecule has 98 valence electrons. The van der Waals surface area contributed by atoms with Crippen molar-refractivity contribution in [3.8, 4) is 0 Å². The van der Waals surface area contributed by atoms with Crippen molar-refractivity contribution in [1.82, 2.24) is 4.98 Å². The van der Waals surface area contributed by atoms with Crippen LogP contribution in [0, 0.1) is 0 Å². The first-order valence-electron chi connectivity index (χ1n) is 6.80. The van der Waals surface area contributed by atoms with Gasteiger partial charge in [0.05, 0.1) is 11.9 Å². The lowest BCUT2D eigenvalue weighted by Crippen LogP contribution is -2.11. The molecule has 0 unspecified atom stereocenters. The second kappa shape index (κ2) is 6.38. The number of carbonyl (C=O) groups excluding carboxylic acids is 1. The van der Waals surface area contributed by atoms with Gasteiger partial charge in [-0.1, -0.05) is 19.8 Å². The summed E-state index contributed by atoms with van der Waals surface area (Å²) in [7, 11) is 0. The second-order valence-corrected chi connectivity index (χ2v) is 4.86. The van der Waals surface area contributed by atoms with E-state index in [2.05, 4.69) is 22.5 Å². The molecular weight excluding hydrogens is 226 g/mol. The molecule has 2 N–H and O–H groups in total. The fourth-order valence-electron chi connectivity index (χ4n) is 1.75. The Kier molecular flexibility index (Phi) is 4.56. The molecule has 18 heavy (non-hydrogen) atoms. The summed E-state index contributed by atoms with van der Waals surface area (Å²) in [4.78, 5) is 15.9. The van der Waals surface area contributed by atoms with Gasteiger partial charge in [0.25, 0.3) is 0 Å². The lowest BCUT2D eigenvalue weighted by Gasteiger charge is -2.06. The normalized spacial score (nSPS) is 14.3. The first-order chi connectivity index (χ1) is 8.78. The molecule has 1 aliphatic rings. The van der Waals surface area contributed by atoms with E-state index in [-0.39, 0.29) is 5.91 Å². The zero-order chi connectivity index (χ0) is 12.8. The molecule has 4 nitrogen and oxygen atoms in total. The first kappa shape index (κ1) is 12.9. The number of nitrogens with zero attached hydrogens (tertiary/aromatic N) is 1. The fourth-order valence-corrected chi connectivity index (χ4v) is 1.75. The van der Waals surface area contributed by atoms with Crippen LogP contribution in [0.1, 0.15) is 45.4 Å². The van der Waals surface area contributed by atoms with Crippen molar-refractivity contribution in [2.45, 2.75) is 51.5 Å². The summed E-state index contributed by atoms with van der Waals surface area (Å²) in [6.45, 7) is 2.13. The van der Waals surface area contributed by atoms with Crippen LogP contribution in [0.4, 0.5) is 11.5 Å². The number of rotatable bonds is 7. The van der Waals surface area contributed by atoms with Gasteiger partial charge < -0.3 is 10.6 Å². The van der Waals surface area contributed by atoms with E-state index in [0.717, 1.165) is 30.8 Å². The number of anilines is 2. The molecule has 4 heteroatoms. The molecule has 1 heterocycles. The Morgan fingerprint density at radius 1 is 1.39 bits per heavy atom. The molecule has 0 atom stereocenters. The Morgan fingerprint density at radius 2 is 2.22 bits per heavy atom. The summed E-state index contributed by atoms with van der Waals surface area (Å²) in [5, 5.41) is 6.18. The van der Waals surface area contributed by atoms with E-state index in [1.54, 1.807) is 6.20 Å². The first-order valence-corrected chi connectivity index (χ1v) is 6.80. The summed E-state index contributed by atoms with van der Waals surface area (Å²) in [6, 6.07) is 4.42. The van der Waals surface area contributed by atoms with Crippen LogP contribution in [0.2, 0.25) is 0 Å². The maximum Gasteiger partial charge on any atom is 0.224 e. The number of aromatic nitrogens is 1. The molecule has 1 saturated carbocycles. The number of unbranched alkanes of at least 4 members (excludes halogenated alkanes) is 2. The minimum Gasteiger partial charge on any atom is -0.367 e. The monoisotopic (exact) mass is 247 g/mol. The molecule has 1 fully saturated rings. The molecule has 1 aliphatic carbocycles. The highest BCUT2D eigenvalue weighted by molar-refractivity contribution is 5.90. The maximum atomic E-state index is 11.6. The average Bonchev–Trinajstić information content (AvgIpc) is 3.16. The van der Waals surface area contributed by atoms with Crippen LogP contribution in [0.5, 0.6) is 0 Å². The molecule has 2 rings (SSSR count). The van der Waals surface area contributed by atoms with Crippen LogP contribution in [0.25, 0.3) is 0 Å². The minimum atomic E-state index is 0.0770. The Hall–Kier alpha value is -1.58. The highest BCUT2D eigenvalue weighted by Gasteiger charge is 2.20. The number of carbonyl (C=O) groups is 1. The van der Waals surface area contributed by atoms with E-state index < -0.39 is 0 Å². The van der Waals surface area contributed by atoms with Gasteiger partial charge in [-0.05, 0) is 31.4 Å². The van der Waals surface area contributed by atoms with E-state index in [9.17, 15) is 4.79 Å². The van der Waals surface area contributed by atoms with Crippen molar-refractivity contribution >= 4 is 17.4 Å². The van der Waals surface area contributed by atoms with E-state index in [4.69, 9.17) is 0 Å². The predicted octanol–water partition coefficient (Wildman–Crippen LogP) is 3.17. The summed E-state index contributed by atoms with van der Waals surface area (Å²) in [5.41, 5.74) is 0.776. The van der Waals surface area contributed by atoms with E-state index in [0.29, 0.717) is 12.5 Å².